The average molecular weight is 381 g/mol. The summed E-state index contributed by atoms with van der Waals surface area (Å²) in [5, 5.41) is 0. The standard InChI is InChI=1S/C27H25O2/c1-19-9-18-26(21-10-14-23(28-3)15-11-21)20(2)27(19)22-12-16-25(17-13-22)29-24-7-5-4-6-8-24/h4-8,10-18H,9H2,1-3H3. The highest BCUT2D eigenvalue weighted by Crippen LogP contribution is 2.40. The molecule has 1 radical (unpaired) electrons. The van der Waals surface area contributed by atoms with Gasteiger partial charge in [0.15, 0.2) is 0 Å². The third-order valence-electron chi connectivity index (χ3n) is 5.34. The van der Waals surface area contributed by atoms with Gasteiger partial charge in [0.25, 0.3) is 0 Å². The maximum atomic E-state index is 5.94. The zero-order valence-corrected chi connectivity index (χ0v) is 17.1. The molecule has 0 N–H and O–H groups in total. The van der Waals surface area contributed by atoms with E-state index in [-0.39, 0.29) is 0 Å². The van der Waals surface area contributed by atoms with Crippen LogP contribution in [0, 0.1) is 6.42 Å². The lowest BCUT2D eigenvalue weighted by Crippen LogP contribution is -2.03. The molecule has 0 aliphatic heterocycles. The topological polar surface area (TPSA) is 18.5 Å². The Morgan fingerprint density at radius 1 is 0.655 bits per heavy atom. The third kappa shape index (κ3) is 4.12. The molecule has 0 fully saturated rings. The van der Waals surface area contributed by atoms with Crippen molar-refractivity contribution in [2.75, 3.05) is 7.11 Å². The summed E-state index contributed by atoms with van der Waals surface area (Å²) < 4.78 is 11.2. The van der Waals surface area contributed by atoms with E-state index in [4.69, 9.17) is 9.47 Å². The summed E-state index contributed by atoms with van der Waals surface area (Å²) in [6.07, 6.45) is 3.28. The molecular formula is C27H25O2. The molecule has 0 amide bonds. The molecule has 1 aliphatic rings. The van der Waals surface area contributed by atoms with Crippen LogP contribution in [0.4, 0.5) is 0 Å². The van der Waals surface area contributed by atoms with Crippen molar-refractivity contribution in [3.05, 3.63) is 108 Å². The minimum atomic E-state index is 0.845. The van der Waals surface area contributed by atoms with E-state index in [0.29, 0.717) is 0 Å². The average Bonchev–Trinajstić information content (AvgIpc) is 2.76. The van der Waals surface area contributed by atoms with Crippen molar-refractivity contribution in [3.63, 3.8) is 0 Å². The number of allylic oxidation sites excluding steroid dienone is 4. The summed E-state index contributed by atoms with van der Waals surface area (Å²) in [7, 11) is 1.70. The van der Waals surface area contributed by atoms with Crippen LogP contribution in [0.5, 0.6) is 17.2 Å². The third-order valence-corrected chi connectivity index (χ3v) is 5.34. The van der Waals surface area contributed by atoms with Crippen LogP contribution >= 0.6 is 0 Å². The molecule has 2 nitrogen and oxygen atoms in total. The minimum Gasteiger partial charge on any atom is -0.497 e. The predicted molar refractivity (Wildman–Crippen MR) is 120 cm³/mol. The molecule has 145 valence electrons. The number of ether oxygens (including phenoxy) is 2. The lowest BCUT2D eigenvalue weighted by atomic mass is 9.81. The van der Waals surface area contributed by atoms with E-state index in [1.165, 1.54) is 33.4 Å². The van der Waals surface area contributed by atoms with Gasteiger partial charge in [-0.25, -0.2) is 0 Å². The Hall–Kier alpha value is -3.26. The van der Waals surface area contributed by atoms with Crippen molar-refractivity contribution in [2.45, 2.75) is 20.3 Å². The van der Waals surface area contributed by atoms with Gasteiger partial charge in [-0.2, -0.15) is 0 Å². The van der Waals surface area contributed by atoms with E-state index in [9.17, 15) is 0 Å². The molecule has 1 aliphatic carbocycles. The van der Waals surface area contributed by atoms with Crippen molar-refractivity contribution in [3.8, 4) is 17.2 Å². The van der Waals surface area contributed by atoms with Crippen molar-refractivity contribution in [1.82, 2.24) is 0 Å². The number of hydrogen-bond donors (Lipinski definition) is 0. The highest BCUT2D eigenvalue weighted by Gasteiger charge is 2.19. The molecule has 29 heavy (non-hydrogen) atoms. The van der Waals surface area contributed by atoms with E-state index in [2.05, 4.69) is 44.5 Å². The first-order chi connectivity index (χ1) is 14.2. The van der Waals surface area contributed by atoms with Crippen molar-refractivity contribution < 1.29 is 9.47 Å². The summed E-state index contributed by atoms with van der Waals surface area (Å²) >= 11 is 0. The first-order valence-corrected chi connectivity index (χ1v) is 9.87. The maximum Gasteiger partial charge on any atom is 0.127 e. The monoisotopic (exact) mass is 381 g/mol. The fourth-order valence-electron chi connectivity index (χ4n) is 3.85. The number of para-hydroxylation sites is 1. The fourth-order valence-corrected chi connectivity index (χ4v) is 3.85. The maximum absolute atomic E-state index is 5.94. The zero-order chi connectivity index (χ0) is 20.2. The Labute approximate surface area is 173 Å². The summed E-state index contributed by atoms with van der Waals surface area (Å²) in [5.74, 6) is 2.57. The summed E-state index contributed by atoms with van der Waals surface area (Å²) in [6, 6.07) is 26.5. The van der Waals surface area contributed by atoms with Crippen LogP contribution in [-0.4, -0.2) is 7.11 Å². The molecule has 0 aromatic heterocycles. The van der Waals surface area contributed by atoms with Crippen LogP contribution in [-0.2, 0) is 0 Å². The molecule has 0 atom stereocenters. The van der Waals surface area contributed by atoms with Gasteiger partial charge in [0, 0.05) is 0 Å². The summed E-state index contributed by atoms with van der Waals surface area (Å²) in [4.78, 5) is 0. The van der Waals surface area contributed by atoms with Gasteiger partial charge in [0.05, 0.1) is 7.11 Å². The highest BCUT2D eigenvalue weighted by molar-refractivity contribution is 5.94. The Balaban J connectivity index is 1.63. The Bertz CT molecular complexity index is 1040. The molecule has 2 heteroatoms. The van der Waals surface area contributed by atoms with E-state index in [0.717, 1.165) is 23.7 Å². The van der Waals surface area contributed by atoms with E-state index in [1.54, 1.807) is 7.11 Å². The van der Waals surface area contributed by atoms with E-state index >= 15 is 0 Å². The first kappa shape index (κ1) is 19.1. The van der Waals surface area contributed by atoms with Crippen LogP contribution in [0.25, 0.3) is 11.1 Å². The normalized spacial score (nSPS) is 14.2. The number of hydrogen-bond acceptors (Lipinski definition) is 2. The van der Waals surface area contributed by atoms with Crippen LogP contribution in [0.1, 0.15) is 31.4 Å². The molecule has 0 spiro atoms. The van der Waals surface area contributed by atoms with Crippen LogP contribution in [0.2, 0.25) is 0 Å². The summed E-state index contributed by atoms with van der Waals surface area (Å²) in [5.41, 5.74) is 7.74. The molecule has 0 saturated carbocycles. The molecule has 0 bridgehead atoms. The van der Waals surface area contributed by atoms with Crippen LogP contribution in [0.15, 0.2) is 90.0 Å². The predicted octanol–water partition coefficient (Wildman–Crippen LogP) is 7.34. The molecule has 3 aromatic carbocycles. The molecule has 4 rings (SSSR count). The lowest BCUT2D eigenvalue weighted by molar-refractivity contribution is 0.415. The largest absolute Gasteiger partial charge is 0.497 e. The highest BCUT2D eigenvalue weighted by atomic mass is 16.5. The summed E-state index contributed by atoms with van der Waals surface area (Å²) in [6.45, 7) is 4.43. The Morgan fingerprint density at radius 3 is 1.90 bits per heavy atom. The SMILES string of the molecule is COc1ccc(C2=C(C)C(c3ccc(Oc4ccccc4)cc3)=C(C)C[CH]2)cc1. The van der Waals surface area contributed by atoms with E-state index < -0.39 is 0 Å². The Morgan fingerprint density at radius 2 is 1.24 bits per heavy atom. The molecule has 0 unspecified atom stereocenters. The van der Waals surface area contributed by atoms with E-state index in [1.807, 2.05) is 54.6 Å². The quantitative estimate of drug-likeness (QED) is 0.460. The van der Waals surface area contributed by atoms with Gasteiger partial charge in [0.2, 0.25) is 0 Å². The van der Waals surface area contributed by atoms with Gasteiger partial charge < -0.3 is 9.47 Å². The molecule has 0 heterocycles. The fraction of sp³-hybridized carbons (Fsp3) is 0.148. The second kappa shape index (κ2) is 8.40. The van der Waals surface area contributed by atoms with Crippen LogP contribution < -0.4 is 9.47 Å². The molecule has 0 saturated heterocycles. The molecular weight excluding hydrogens is 356 g/mol. The number of rotatable bonds is 5. The van der Waals surface area contributed by atoms with Gasteiger partial charge in [-0.1, -0.05) is 48.0 Å². The van der Waals surface area contributed by atoms with Gasteiger partial charge in [-0.3, -0.25) is 0 Å². The minimum absolute atomic E-state index is 0.845. The van der Waals surface area contributed by atoms with Crippen molar-refractivity contribution in [1.29, 1.82) is 0 Å². The van der Waals surface area contributed by atoms with Gasteiger partial charge in [-0.05, 0) is 90.9 Å². The van der Waals surface area contributed by atoms with Gasteiger partial charge in [-0.15, -0.1) is 0 Å². The Kier molecular flexibility index (Phi) is 5.53. The zero-order valence-electron chi connectivity index (χ0n) is 17.1. The second-order valence-electron chi connectivity index (χ2n) is 7.27. The van der Waals surface area contributed by atoms with Gasteiger partial charge >= 0.3 is 0 Å². The second-order valence-corrected chi connectivity index (χ2v) is 7.27. The van der Waals surface area contributed by atoms with Gasteiger partial charge in [0.1, 0.15) is 17.2 Å². The first-order valence-electron chi connectivity index (χ1n) is 9.87. The smallest absolute Gasteiger partial charge is 0.127 e. The lowest BCUT2D eigenvalue weighted by Gasteiger charge is -2.24. The van der Waals surface area contributed by atoms with Crippen molar-refractivity contribution >= 4 is 11.1 Å². The van der Waals surface area contributed by atoms with Crippen LogP contribution in [0.3, 0.4) is 0 Å². The molecule has 3 aromatic rings. The number of methoxy groups -OCH3 is 1. The number of benzene rings is 3. The van der Waals surface area contributed by atoms with Crippen molar-refractivity contribution in [2.24, 2.45) is 0 Å².